The van der Waals surface area contributed by atoms with E-state index in [0.717, 1.165) is 21.8 Å². The van der Waals surface area contributed by atoms with Gasteiger partial charge in [-0.2, -0.15) is 23.5 Å². The molecule has 0 unspecified atom stereocenters. The molecule has 2 aromatic heterocycles. The molecule has 0 atom stereocenters. The van der Waals surface area contributed by atoms with Crippen LogP contribution in [0, 0.1) is 18.3 Å². The van der Waals surface area contributed by atoms with Crippen LogP contribution in [0.15, 0.2) is 17.5 Å². The summed E-state index contributed by atoms with van der Waals surface area (Å²) in [5.41, 5.74) is 5.70. The van der Waals surface area contributed by atoms with Gasteiger partial charge in [-0.1, -0.05) is 23.2 Å². The van der Waals surface area contributed by atoms with E-state index in [9.17, 15) is 18.4 Å². The largest absolute Gasteiger partial charge is 0.416 e. The number of hydrogen-bond acceptors (Lipinski definition) is 5. The maximum absolute atomic E-state index is 12.9. The Bertz CT molecular complexity index is 1030. The van der Waals surface area contributed by atoms with Gasteiger partial charge in [-0.05, 0) is 19.1 Å². The summed E-state index contributed by atoms with van der Waals surface area (Å²) in [5.74, 6) is -0.00425. The number of alkyl halides is 3. The summed E-state index contributed by atoms with van der Waals surface area (Å²) >= 11 is 13.4. The molecule has 2 heterocycles. The molecule has 0 aliphatic rings. The highest BCUT2D eigenvalue weighted by Gasteiger charge is 2.33. The first-order chi connectivity index (χ1) is 12.1. The van der Waals surface area contributed by atoms with Gasteiger partial charge >= 0.3 is 6.18 Å². The van der Waals surface area contributed by atoms with E-state index in [4.69, 9.17) is 28.9 Å². The van der Waals surface area contributed by atoms with Gasteiger partial charge in [-0.25, -0.2) is 9.67 Å². The first-order valence-electron chi connectivity index (χ1n) is 6.91. The van der Waals surface area contributed by atoms with Gasteiger partial charge in [0.05, 0.1) is 31.9 Å². The van der Waals surface area contributed by atoms with E-state index in [-0.39, 0.29) is 32.8 Å². The molecule has 0 radical (unpaired) electrons. The molecular weight excluding hydrogens is 410 g/mol. The Labute approximate surface area is 159 Å². The highest BCUT2D eigenvalue weighted by Crippen LogP contribution is 2.40. The molecule has 11 heteroatoms. The predicted octanol–water partition coefficient (Wildman–Crippen LogP) is 5.08. The number of aryl methyl sites for hydroxylation is 1. The van der Waals surface area contributed by atoms with Crippen molar-refractivity contribution >= 4 is 40.4 Å². The number of anilines is 1. The molecule has 0 saturated heterocycles. The minimum absolute atomic E-state index is 0.00425. The second-order valence-corrected chi connectivity index (χ2v) is 7.05. The molecule has 0 bridgehead atoms. The number of benzene rings is 1. The van der Waals surface area contributed by atoms with E-state index in [0.29, 0.717) is 5.69 Å². The second kappa shape index (κ2) is 6.46. The lowest BCUT2D eigenvalue weighted by Gasteiger charge is -2.13. The topological polar surface area (TPSA) is 80.5 Å². The fourth-order valence-electron chi connectivity index (χ4n) is 2.34. The quantitative estimate of drug-likeness (QED) is 0.629. The fraction of sp³-hybridized carbons (Fsp3) is 0.133. The first-order valence-corrected chi connectivity index (χ1v) is 8.54. The van der Waals surface area contributed by atoms with Crippen molar-refractivity contribution in [2.75, 3.05) is 5.73 Å². The van der Waals surface area contributed by atoms with E-state index < -0.39 is 11.7 Å². The van der Waals surface area contributed by atoms with Crippen LogP contribution >= 0.6 is 34.5 Å². The zero-order chi connectivity index (χ0) is 19.2. The molecule has 0 amide bonds. The molecule has 0 aliphatic heterocycles. The van der Waals surface area contributed by atoms with Crippen LogP contribution in [0.5, 0.6) is 0 Å². The first kappa shape index (κ1) is 18.5. The van der Waals surface area contributed by atoms with Crippen LogP contribution in [0.1, 0.15) is 16.3 Å². The number of hydrogen-bond donors (Lipinski definition) is 1. The third-order valence-electron chi connectivity index (χ3n) is 3.46. The lowest BCUT2D eigenvalue weighted by atomic mass is 10.2. The maximum Gasteiger partial charge on any atom is 0.416 e. The highest BCUT2D eigenvalue weighted by molar-refractivity contribution is 7.09. The van der Waals surface area contributed by atoms with Gasteiger partial charge in [-0.15, -0.1) is 11.3 Å². The molecule has 0 fully saturated rings. The van der Waals surface area contributed by atoms with Gasteiger partial charge in [0.2, 0.25) is 0 Å². The summed E-state index contributed by atoms with van der Waals surface area (Å²) in [5, 5.41) is 15.2. The van der Waals surface area contributed by atoms with E-state index in [2.05, 4.69) is 10.1 Å². The van der Waals surface area contributed by atoms with Crippen molar-refractivity contribution in [1.82, 2.24) is 14.8 Å². The lowest BCUT2D eigenvalue weighted by Crippen LogP contribution is -2.08. The van der Waals surface area contributed by atoms with E-state index in [1.165, 1.54) is 11.3 Å². The zero-order valence-corrected chi connectivity index (χ0v) is 15.2. The van der Waals surface area contributed by atoms with Crippen molar-refractivity contribution in [3.8, 4) is 23.0 Å². The van der Waals surface area contributed by atoms with E-state index in [1.54, 1.807) is 12.3 Å². The van der Waals surface area contributed by atoms with Crippen molar-refractivity contribution in [2.45, 2.75) is 13.1 Å². The Balaban J connectivity index is 2.24. The summed E-state index contributed by atoms with van der Waals surface area (Å²) in [6.07, 6.45) is -4.61. The van der Waals surface area contributed by atoms with Gasteiger partial charge < -0.3 is 5.73 Å². The molecule has 0 spiro atoms. The van der Waals surface area contributed by atoms with Crippen molar-refractivity contribution in [3.05, 3.63) is 43.8 Å². The number of thiazole rings is 1. The molecule has 1 aromatic carbocycles. The highest BCUT2D eigenvalue weighted by atomic mass is 35.5. The van der Waals surface area contributed by atoms with Crippen LogP contribution in [0.2, 0.25) is 10.0 Å². The summed E-state index contributed by atoms with van der Waals surface area (Å²) < 4.78 is 39.7. The Kier molecular flexibility index (Phi) is 4.60. The van der Waals surface area contributed by atoms with Crippen molar-refractivity contribution in [2.24, 2.45) is 0 Å². The molecule has 5 nitrogen and oxygen atoms in total. The number of nitriles is 1. The molecule has 0 saturated carbocycles. The zero-order valence-electron chi connectivity index (χ0n) is 12.9. The minimum Gasteiger partial charge on any atom is -0.383 e. The molecule has 3 aromatic rings. The second-order valence-electron chi connectivity index (χ2n) is 5.17. The average Bonchev–Trinajstić information content (AvgIpc) is 3.09. The minimum atomic E-state index is -4.61. The SMILES string of the molecule is Cc1nc(-c2c(C#N)nn(-c3c(Cl)cc(C(F)(F)F)cc3Cl)c2N)cs1. The smallest absolute Gasteiger partial charge is 0.383 e. The Morgan fingerprint density at radius 1 is 1.27 bits per heavy atom. The van der Waals surface area contributed by atoms with Crippen molar-refractivity contribution < 1.29 is 13.2 Å². The van der Waals surface area contributed by atoms with Crippen LogP contribution in [0.3, 0.4) is 0 Å². The summed E-state index contributed by atoms with van der Waals surface area (Å²) in [7, 11) is 0. The normalized spacial score (nSPS) is 11.6. The summed E-state index contributed by atoms with van der Waals surface area (Å²) in [6, 6.07) is 3.34. The molecule has 3 rings (SSSR count). The summed E-state index contributed by atoms with van der Waals surface area (Å²) in [6.45, 7) is 1.78. The number of nitrogen functional groups attached to an aromatic ring is 1. The van der Waals surface area contributed by atoms with Crippen molar-refractivity contribution in [3.63, 3.8) is 0 Å². The van der Waals surface area contributed by atoms with Gasteiger partial charge in [0, 0.05) is 5.38 Å². The lowest BCUT2D eigenvalue weighted by molar-refractivity contribution is -0.137. The van der Waals surface area contributed by atoms with Crippen LogP contribution in [-0.2, 0) is 6.18 Å². The number of nitrogens with two attached hydrogens (primary N) is 1. The van der Waals surface area contributed by atoms with Crippen molar-refractivity contribution in [1.29, 1.82) is 5.26 Å². The third kappa shape index (κ3) is 3.11. The molecule has 2 N–H and O–H groups in total. The predicted molar refractivity (Wildman–Crippen MR) is 93.6 cm³/mol. The third-order valence-corrected chi connectivity index (χ3v) is 4.81. The van der Waals surface area contributed by atoms with E-state index in [1.807, 2.05) is 6.07 Å². The van der Waals surface area contributed by atoms with Crippen LogP contribution in [0.4, 0.5) is 19.0 Å². The molecule has 134 valence electrons. The van der Waals surface area contributed by atoms with Crippen LogP contribution in [0.25, 0.3) is 16.9 Å². The number of rotatable bonds is 2. The Morgan fingerprint density at radius 2 is 1.88 bits per heavy atom. The molecule has 26 heavy (non-hydrogen) atoms. The van der Waals surface area contributed by atoms with Gasteiger partial charge in [0.15, 0.2) is 5.69 Å². The van der Waals surface area contributed by atoms with E-state index >= 15 is 0 Å². The Hall–Kier alpha value is -2.28. The van der Waals surface area contributed by atoms with Gasteiger partial charge in [0.1, 0.15) is 17.6 Å². The number of nitrogens with zero attached hydrogens (tertiary/aromatic N) is 4. The molecule has 0 aliphatic carbocycles. The fourth-order valence-corrected chi connectivity index (χ4v) is 3.59. The van der Waals surface area contributed by atoms with Crippen LogP contribution < -0.4 is 5.73 Å². The summed E-state index contributed by atoms with van der Waals surface area (Å²) in [4.78, 5) is 4.27. The average molecular weight is 418 g/mol. The van der Waals surface area contributed by atoms with Gasteiger partial charge in [-0.3, -0.25) is 0 Å². The van der Waals surface area contributed by atoms with Crippen LogP contribution in [-0.4, -0.2) is 14.8 Å². The standard InChI is InChI=1S/C15H8Cl2F3N5S/c1-6-23-11(5-26-6)12-10(4-21)24-25(14(12)22)13-8(16)2-7(3-9(13)17)15(18,19)20/h2-3,5H,22H2,1H3. The maximum atomic E-state index is 12.9. The Morgan fingerprint density at radius 3 is 2.35 bits per heavy atom. The monoisotopic (exact) mass is 417 g/mol. The molecular formula is C15H8Cl2F3N5S. The number of halogens is 5. The van der Waals surface area contributed by atoms with Gasteiger partial charge in [0.25, 0.3) is 0 Å². The number of aromatic nitrogens is 3.